The number of aromatic amines is 1. The van der Waals surface area contributed by atoms with E-state index in [2.05, 4.69) is 21.9 Å². The first-order chi connectivity index (χ1) is 9.76. The Morgan fingerprint density at radius 1 is 1.20 bits per heavy atom. The molecule has 0 fully saturated rings. The largest absolute Gasteiger partial charge is 0.311 e. The van der Waals surface area contributed by atoms with Crippen LogP contribution in [-0.2, 0) is 6.42 Å². The molecule has 20 heavy (non-hydrogen) atoms. The van der Waals surface area contributed by atoms with Gasteiger partial charge in [0.25, 0.3) is 5.56 Å². The monoisotopic (exact) mass is 265 g/mol. The normalized spacial score (nSPS) is 10.8. The van der Waals surface area contributed by atoms with Gasteiger partial charge in [0, 0.05) is 29.6 Å². The zero-order valence-electron chi connectivity index (χ0n) is 11.3. The summed E-state index contributed by atoms with van der Waals surface area (Å²) in [6, 6.07) is 11.4. The van der Waals surface area contributed by atoms with Gasteiger partial charge in [0.1, 0.15) is 5.82 Å². The molecule has 0 aliphatic carbocycles. The van der Waals surface area contributed by atoms with Gasteiger partial charge in [0.15, 0.2) is 0 Å². The number of H-pyrrole nitrogens is 1. The molecule has 2 heterocycles. The van der Waals surface area contributed by atoms with E-state index in [0.29, 0.717) is 5.69 Å². The van der Waals surface area contributed by atoms with Crippen LogP contribution in [0, 0.1) is 0 Å². The fourth-order valence-electron chi connectivity index (χ4n) is 2.25. The zero-order chi connectivity index (χ0) is 13.9. The summed E-state index contributed by atoms with van der Waals surface area (Å²) >= 11 is 0. The zero-order valence-corrected chi connectivity index (χ0v) is 11.3. The van der Waals surface area contributed by atoms with Crippen molar-refractivity contribution in [3.63, 3.8) is 0 Å². The third-order valence-electron chi connectivity index (χ3n) is 3.18. The Labute approximate surface area is 116 Å². The topological polar surface area (TPSA) is 58.6 Å². The van der Waals surface area contributed by atoms with Gasteiger partial charge in [0.05, 0.1) is 11.2 Å². The van der Waals surface area contributed by atoms with E-state index >= 15 is 0 Å². The average Bonchev–Trinajstić information content (AvgIpc) is 2.46. The molecule has 0 radical (unpaired) electrons. The maximum Gasteiger partial charge on any atom is 0.251 e. The van der Waals surface area contributed by atoms with E-state index in [0.717, 1.165) is 35.1 Å². The molecule has 0 spiro atoms. The minimum absolute atomic E-state index is 0.107. The third-order valence-corrected chi connectivity index (χ3v) is 3.18. The average molecular weight is 265 g/mol. The molecule has 2 aromatic heterocycles. The fourth-order valence-corrected chi connectivity index (χ4v) is 2.25. The van der Waals surface area contributed by atoms with E-state index in [9.17, 15) is 4.79 Å². The molecule has 100 valence electrons. The number of hydrogen-bond acceptors (Lipinski definition) is 3. The highest BCUT2D eigenvalue weighted by atomic mass is 16.1. The second kappa shape index (κ2) is 5.25. The van der Waals surface area contributed by atoms with Gasteiger partial charge >= 0.3 is 0 Å². The van der Waals surface area contributed by atoms with E-state index in [1.807, 2.05) is 30.3 Å². The molecule has 3 aromatic rings. The molecule has 0 aliphatic heterocycles. The number of rotatable bonds is 3. The summed E-state index contributed by atoms with van der Waals surface area (Å²) in [7, 11) is 0. The predicted molar refractivity (Wildman–Crippen MR) is 79.6 cm³/mol. The lowest BCUT2D eigenvalue weighted by atomic mass is 10.1. The summed E-state index contributed by atoms with van der Waals surface area (Å²) in [6.07, 6.45) is 3.50. The van der Waals surface area contributed by atoms with Crippen molar-refractivity contribution in [3.05, 3.63) is 58.8 Å². The number of nitrogens with one attached hydrogen (secondary N) is 1. The van der Waals surface area contributed by atoms with Gasteiger partial charge in [-0.1, -0.05) is 19.1 Å². The minimum atomic E-state index is -0.107. The molecule has 1 N–H and O–H groups in total. The van der Waals surface area contributed by atoms with E-state index in [1.54, 1.807) is 6.20 Å². The van der Waals surface area contributed by atoms with Crippen LogP contribution >= 0.6 is 0 Å². The van der Waals surface area contributed by atoms with Crippen molar-refractivity contribution in [1.82, 2.24) is 15.0 Å². The standard InChI is InChI=1S/C16H15N3O/c1-2-4-15-18-14(10-16(20)19-15)12-6-7-13-11(9-12)5-3-8-17-13/h3,5-10H,2,4H2,1H3,(H,18,19,20). The molecule has 0 amide bonds. The van der Waals surface area contributed by atoms with Crippen molar-refractivity contribution >= 4 is 10.9 Å². The summed E-state index contributed by atoms with van der Waals surface area (Å²) in [5.41, 5.74) is 2.48. The Bertz CT molecular complexity index is 808. The second-order valence-electron chi connectivity index (χ2n) is 4.74. The fraction of sp³-hybridized carbons (Fsp3) is 0.188. The Kier molecular flexibility index (Phi) is 3.29. The molecular weight excluding hydrogens is 250 g/mol. The number of aromatic nitrogens is 3. The quantitative estimate of drug-likeness (QED) is 0.792. The Hall–Kier alpha value is -2.49. The van der Waals surface area contributed by atoms with Crippen molar-refractivity contribution in [2.45, 2.75) is 19.8 Å². The van der Waals surface area contributed by atoms with Crippen LogP contribution in [0.1, 0.15) is 19.2 Å². The van der Waals surface area contributed by atoms with Crippen molar-refractivity contribution < 1.29 is 0 Å². The highest BCUT2D eigenvalue weighted by molar-refractivity contribution is 5.83. The Morgan fingerprint density at radius 2 is 2.10 bits per heavy atom. The third kappa shape index (κ3) is 2.45. The summed E-state index contributed by atoms with van der Waals surface area (Å²) in [5, 5.41) is 1.05. The molecule has 1 aromatic carbocycles. The van der Waals surface area contributed by atoms with Gasteiger partial charge in [-0.25, -0.2) is 4.98 Å². The van der Waals surface area contributed by atoms with Crippen LogP contribution in [0.3, 0.4) is 0 Å². The smallest absolute Gasteiger partial charge is 0.251 e. The predicted octanol–water partition coefficient (Wildman–Crippen LogP) is 2.94. The number of fused-ring (bicyclic) bond motifs is 1. The van der Waals surface area contributed by atoms with Gasteiger partial charge in [-0.05, 0) is 24.6 Å². The van der Waals surface area contributed by atoms with Crippen LogP contribution in [0.5, 0.6) is 0 Å². The number of benzene rings is 1. The highest BCUT2D eigenvalue weighted by Gasteiger charge is 2.05. The SMILES string of the molecule is CCCc1nc(-c2ccc3ncccc3c2)cc(=O)[nH]1. The van der Waals surface area contributed by atoms with E-state index < -0.39 is 0 Å². The minimum Gasteiger partial charge on any atom is -0.311 e. The van der Waals surface area contributed by atoms with Crippen molar-refractivity contribution in [1.29, 1.82) is 0 Å². The molecule has 4 heteroatoms. The first kappa shape index (κ1) is 12.5. The van der Waals surface area contributed by atoms with Crippen LogP contribution in [0.25, 0.3) is 22.2 Å². The lowest BCUT2D eigenvalue weighted by Crippen LogP contribution is -2.10. The summed E-state index contributed by atoms with van der Waals surface area (Å²) in [5.74, 6) is 0.737. The first-order valence-electron chi connectivity index (χ1n) is 6.71. The summed E-state index contributed by atoms with van der Waals surface area (Å²) < 4.78 is 0. The number of nitrogens with zero attached hydrogens (tertiary/aromatic N) is 2. The first-order valence-corrected chi connectivity index (χ1v) is 6.71. The van der Waals surface area contributed by atoms with Gasteiger partial charge in [-0.2, -0.15) is 0 Å². The molecular formula is C16H15N3O. The maximum atomic E-state index is 11.7. The number of aryl methyl sites for hydroxylation is 1. The lowest BCUT2D eigenvalue weighted by molar-refractivity contribution is 0.828. The van der Waals surface area contributed by atoms with Crippen LogP contribution in [0.4, 0.5) is 0 Å². The van der Waals surface area contributed by atoms with Gasteiger partial charge < -0.3 is 4.98 Å². The number of hydrogen-bond donors (Lipinski definition) is 1. The van der Waals surface area contributed by atoms with Crippen LogP contribution in [-0.4, -0.2) is 15.0 Å². The molecule has 0 unspecified atom stereocenters. The van der Waals surface area contributed by atoms with E-state index in [-0.39, 0.29) is 5.56 Å². The molecule has 0 aliphatic rings. The van der Waals surface area contributed by atoms with Crippen LogP contribution < -0.4 is 5.56 Å². The molecule has 0 atom stereocenters. The van der Waals surface area contributed by atoms with Crippen molar-refractivity contribution in [3.8, 4) is 11.3 Å². The molecule has 0 saturated heterocycles. The molecule has 4 nitrogen and oxygen atoms in total. The molecule has 0 bridgehead atoms. The lowest BCUT2D eigenvalue weighted by Gasteiger charge is -2.05. The highest BCUT2D eigenvalue weighted by Crippen LogP contribution is 2.21. The van der Waals surface area contributed by atoms with Crippen molar-refractivity contribution in [2.75, 3.05) is 0 Å². The maximum absolute atomic E-state index is 11.7. The summed E-state index contributed by atoms with van der Waals surface area (Å²) in [6.45, 7) is 2.06. The molecule has 3 rings (SSSR count). The molecule has 0 saturated carbocycles. The van der Waals surface area contributed by atoms with Gasteiger partial charge in [0.2, 0.25) is 0 Å². The van der Waals surface area contributed by atoms with E-state index in [1.165, 1.54) is 6.07 Å². The second-order valence-corrected chi connectivity index (χ2v) is 4.74. The Morgan fingerprint density at radius 3 is 2.95 bits per heavy atom. The van der Waals surface area contributed by atoms with Crippen molar-refractivity contribution in [2.24, 2.45) is 0 Å². The summed E-state index contributed by atoms with van der Waals surface area (Å²) in [4.78, 5) is 23.3. The van der Waals surface area contributed by atoms with Crippen LogP contribution in [0.2, 0.25) is 0 Å². The van der Waals surface area contributed by atoms with Crippen LogP contribution in [0.15, 0.2) is 47.4 Å². The van der Waals surface area contributed by atoms with Gasteiger partial charge in [-0.15, -0.1) is 0 Å². The number of pyridine rings is 1. The van der Waals surface area contributed by atoms with Gasteiger partial charge in [-0.3, -0.25) is 9.78 Å². The van der Waals surface area contributed by atoms with E-state index in [4.69, 9.17) is 0 Å². The Balaban J connectivity index is 2.12.